The van der Waals surface area contributed by atoms with Crippen LogP contribution in [0.25, 0.3) is 0 Å². The third-order valence-electron chi connectivity index (χ3n) is 2.97. The molecule has 5 heteroatoms. The van der Waals surface area contributed by atoms with Gasteiger partial charge < -0.3 is 4.74 Å². The average Bonchev–Trinajstić information content (AvgIpc) is 2.54. The summed E-state index contributed by atoms with van der Waals surface area (Å²) in [5.74, 6) is 0.744. The minimum atomic E-state index is -0.314. The molecular weight excluding hydrogens is 278 g/mol. The molecule has 0 unspecified atom stereocenters. The quantitative estimate of drug-likeness (QED) is 0.658. The Morgan fingerprint density at radius 2 is 2.05 bits per heavy atom. The molecule has 0 spiro atoms. The number of carbonyl (C=O) groups excluding carboxylic acids is 1. The fourth-order valence-corrected chi connectivity index (χ4v) is 1.89. The fourth-order valence-electron chi connectivity index (χ4n) is 1.89. The Balaban J connectivity index is 1.85. The maximum atomic E-state index is 11.7. The van der Waals surface area contributed by atoms with E-state index in [-0.39, 0.29) is 12.5 Å². The second kappa shape index (κ2) is 7.93. The highest BCUT2D eigenvalue weighted by molar-refractivity contribution is 5.81. The molecule has 114 valence electrons. The first-order valence-electron chi connectivity index (χ1n) is 7.11. The van der Waals surface area contributed by atoms with E-state index in [2.05, 4.69) is 29.4 Å². The van der Waals surface area contributed by atoms with Crippen molar-refractivity contribution in [2.75, 3.05) is 6.61 Å². The van der Waals surface area contributed by atoms with E-state index in [1.807, 2.05) is 36.4 Å². The van der Waals surface area contributed by atoms with Crippen molar-refractivity contribution in [3.05, 3.63) is 59.9 Å². The highest BCUT2D eigenvalue weighted by Gasteiger charge is 2.08. The van der Waals surface area contributed by atoms with Crippen molar-refractivity contribution in [1.29, 1.82) is 0 Å². The zero-order valence-corrected chi connectivity index (χ0v) is 12.7. The van der Waals surface area contributed by atoms with Crippen LogP contribution in [0.15, 0.2) is 53.8 Å². The van der Waals surface area contributed by atoms with Crippen LogP contribution in [-0.2, 0) is 4.79 Å². The molecule has 0 atom stereocenters. The highest BCUT2D eigenvalue weighted by atomic mass is 16.5. The van der Waals surface area contributed by atoms with E-state index < -0.39 is 0 Å². The number of rotatable bonds is 6. The van der Waals surface area contributed by atoms with Gasteiger partial charge in [-0.05, 0) is 29.7 Å². The summed E-state index contributed by atoms with van der Waals surface area (Å²) in [6.07, 6.45) is 3.15. The Labute approximate surface area is 130 Å². The largest absolute Gasteiger partial charge is 0.483 e. The standard InChI is InChI=1S/C17H19N3O2/c1-13(2)15-8-3-4-9-16(15)22-12-17(21)20-19-11-14-7-5-6-10-18-14/h3-11,13H,12H2,1-2H3,(H,20,21)/b19-11+. The average molecular weight is 297 g/mol. The molecule has 2 rings (SSSR count). The van der Waals surface area contributed by atoms with E-state index >= 15 is 0 Å². The lowest BCUT2D eigenvalue weighted by Gasteiger charge is -2.12. The molecule has 1 aromatic heterocycles. The summed E-state index contributed by atoms with van der Waals surface area (Å²) >= 11 is 0. The van der Waals surface area contributed by atoms with Crippen LogP contribution in [0.2, 0.25) is 0 Å². The molecule has 2 aromatic rings. The van der Waals surface area contributed by atoms with E-state index in [0.29, 0.717) is 11.6 Å². The topological polar surface area (TPSA) is 63.6 Å². The third kappa shape index (κ3) is 4.70. The Kier molecular flexibility index (Phi) is 5.65. The maximum Gasteiger partial charge on any atom is 0.277 e. The number of para-hydroxylation sites is 1. The van der Waals surface area contributed by atoms with Gasteiger partial charge in [0.05, 0.1) is 11.9 Å². The minimum absolute atomic E-state index is 0.0801. The first kappa shape index (κ1) is 15.7. The first-order chi connectivity index (χ1) is 10.7. The van der Waals surface area contributed by atoms with Gasteiger partial charge in [0.1, 0.15) is 5.75 Å². The van der Waals surface area contributed by atoms with Crippen molar-refractivity contribution in [2.24, 2.45) is 5.10 Å². The fraction of sp³-hybridized carbons (Fsp3) is 0.235. The Morgan fingerprint density at radius 3 is 2.77 bits per heavy atom. The molecule has 22 heavy (non-hydrogen) atoms. The third-order valence-corrected chi connectivity index (χ3v) is 2.97. The molecule has 0 radical (unpaired) electrons. The normalized spacial score (nSPS) is 10.9. The monoisotopic (exact) mass is 297 g/mol. The summed E-state index contributed by atoms with van der Waals surface area (Å²) in [5, 5.41) is 3.84. The van der Waals surface area contributed by atoms with E-state index in [9.17, 15) is 4.79 Å². The van der Waals surface area contributed by atoms with E-state index in [1.54, 1.807) is 12.3 Å². The number of amides is 1. The van der Waals surface area contributed by atoms with Gasteiger partial charge >= 0.3 is 0 Å². The number of carbonyl (C=O) groups is 1. The molecule has 1 amide bonds. The SMILES string of the molecule is CC(C)c1ccccc1OCC(=O)N/N=C/c1ccccn1. The van der Waals surface area contributed by atoms with Gasteiger partial charge in [0, 0.05) is 6.20 Å². The molecule has 0 aliphatic rings. The lowest BCUT2D eigenvalue weighted by Crippen LogP contribution is -2.25. The van der Waals surface area contributed by atoms with Gasteiger partial charge in [-0.3, -0.25) is 9.78 Å². The number of hydrazone groups is 1. The van der Waals surface area contributed by atoms with Crippen LogP contribution in [0.4, 0.5) is 0 Å². The number of hydrogen-bond acceptors (Lipinski definition) is 4. The van der Waals surface area contributed by atoms with Gasteiger partial charge in [-0.15, -0.1) is 0 Å². The molecule has 1 N–H and O–H groups in total. The van der Waals surface area contributed by atoms with Gasteiger partial charge in [-0.1, -0.05) is 38.1 Å². The van der Waals surface area contributed by atoms with Crippen molar-refractivity contribution in [1.82, 2.24) is 10.4 Å². The minimum Gasteiger partial charge on any atom is -0.483 e. The smallest absolute Gasteiger partial charge is 0.277 e. The molecule has 0 aliphatic heterocycles. The molecule has 0 saturated carbocycles. The number of pyridine rings is 1. The zero-order chi connectivity index (χ0) is 15.8. The van der Waals surface area contributed by atoms with Crippen molar-refractivity contribution in [3.8, 4) is 5.75 Å². The lowest BCUT2D eigenvalue weighted by atomic mass is 10.0. The molecule has 0 aliphatic carbocycles. The van der Waals surface area contributed by atoms with Crippen LogP contribution >= 0.6 is 0 Å². The van der Waals surface area contributed by atoms with Crippen LogP contribution < -0.4 is 10.2 Å². The van der Waals surface area contributed by atoms with Gasteiger partial charge in [0.25, 0.3) is 5.91 Å². The zero-order valence-electron chi connectivity index (χ0n) is 12.7. The van der Waals surface area contributed by atoms with Gasteiger partial charge in [-0.25, -0.2) is 5.43 Å². The number of aromatic nitrogens is 1. The summed E-state index contributed by atoms with van der Waals surface area (Å²) in [7, 11) is 0. The first-order valence-corrected chi connectivity index (χ1v) is 7.11. The number of nitrogens with zero attached hydrogens (tertiary/aromatic N) is 2. The predicted molar refractivity (Wildman–Crippen MR) is 86.0 cm³/mol. The molecule has 5 nitrogen and oxygen atoms in total. The molecule has 1 aromatic carbocycles. The molecule has 0 fully saturated rings. The highest BCUT2D eigenvalue weighted by Crippen LogP contribution is 2.25. The van der Waals surface area contributed by atoms with Crippen molar-refractivity contribution >= 4 is 12.1 Å². The predicted octanol–water partition coefficient (Wildman–Crippen LogP) is 2.73. The summed E-state index contributed by atoms with van der Waals surface area (Å²) in [6, 6.07) is 13.2. The van der Waals surface area contributed by atoms with Crippen molar-refractivity contribution < 1.29 is 9.53 Å². The van der Waals surface area contributed by atoms with Crippen LogP contribution in [0.3, 0.4) is 0 Å². The second-order valence-electron chi connectivity index (χ2n) is 5.03. The van der Waals surface area contributed by atoms with Crippen molar-refractivity contribution in [2.45, 2.75) is 19.8 Å². The van der Waals surface area contributed by atoms with Crippen LogP contribution in [0.1, 0.15) is 31.0 Å². The second-order valence-corrected chi connectivity index (χ2v) is 5.03. The van der Waals surface area contributed by atoms with Crippen LogP contribution in [-0.4, -0.2) is 23.7 Å². The number of nitrogens with one attached hydrogen (secondary N) is 1. The van der Waals surface area contributed by atoms with Crippen LogP contribution in [0.5, 0.6) is 5.75 Å². The molecular formula is C17H19N3O2. The summed E-state index contributed by atoms with van der Waals surface area (Å²) in [4.78, 5) is 15.8. The number of ether oxygens (including phenoxy) is 1. The van der Waals surface area contributed by atoms with E-state index in [1.165, 1.54) is 6.21 Å². The Morgan fingerprint density at radius 1 is 1.27 bits per heavy atom. The molecule has 0 bridgehead atoms. The number of benzene rings is 1. The number of hydrogen-bond donors (Lipinski definition) is 1. The summed E-state index contributed by atoms with van der Waals surface area (Å²) in [5.41, 5.74) is 4.17. The maximum absolute atomic E-state index is 11.7. The molecule has 1 heterocycles. The summed E-state index contributed by atoms with van der Waals surface area (Å²) in [6.45, 7) is 4.09. The van der Waals surface area contributed by atoms with E-state index in [4.69, 9.17) is 4.74 Å². The van der Waals surface area contributed by atoms with Gasteiger partial charge in [-0.2, -0.15) is 5.10 Å². The van der Waals surface area contributed by atoms with Crippen molar-refractivity contribution in [3.63, 3.8) is 0 Å². The van der Waals surface area contributed by atoms with Gasteiger partial charge in [0.2, 0.25) is 0 Å². The Hall–Kier alpha value is -2.69. The lowest BCUT2D eigenvalue weighted by molar-refractivity contribution is -0.123. The van der Waals surface area contributed by atoms with E-state index in [0.717, 1.165) is 11.3 Å². The summed E-state index contributed by atoms with van der Waals surface area (Å²) < 4.78 is 5.56. The Bertz CT molecular complexity index is 639. The van der Waals surface area contributed by atoms with Gasteiger partial charge in [0.15, 0.2) is 6.61 Å². The van der Waals surface area contributed by atoms with Crippen LogP contribution in [0, 0.1) is 0 Å². The molecule has 0 saturated heterocycles.